The lowest BCUT2D eigenvalue weighted by Gasteiger charge is -2.31. The van der Waals surface area contributed by atoms with Crippen LogP contribution in [-0.2, 0) is 17.8 Å². The zero-order chi connectivity index (χ0) is 23.8. The second-order valence-corrected chi connectivity index (χ2v) is 9.47. The maximum Gasteiger partial charge on any atom is 0.227 e. The number of nitrogens with zero attached hydrogens (tertiary/aromatic N) is 9. The molecule has 0 saturated carbocycles. The van der Waals surface area contributed by atoms with Crippen molar-refractivity contribution in [2.24, 2.45) is 5.92 Å². The lowest BCUT2D eigenvalue weighted by Crippen LogP contribution is -2.38. The van der Waals surface area contributed by atoms with E-state index in [2.05, 4.69) is 45.6 Å². The van der Waals surface area contributed by atoms with Crippen LogP contribution >= 0.6 is 11.6 Å². The number of fused-ring (bicyclic) bond motifs is 2. The molecule has 3 aromatic heterocycles. The predicted molar refractivity (Wildman–Crippen MR) is 130 cm³/mol. The van der Waals surface area contributed by atoms with Gasteiger partial charge in [0.15, 0.2) is 17.3 Å². The monoisotopic (exact) mass is 492 g/mol. The van der Waals surface area contributed by atoms with E-state index in [0.717, 1.165) is 74.8 Å². The van der Waals surface area contributed by atoms with Gasteiger partial charge in [0.25, 0.3) is 0 Å². The van der Waals surface area contributed by atoms with Gasteiger partial charge in [-0.3, -0.25) is 4.79 Å². The number of tetrazole rings is 1. The maximum absolute atomic E-state index is 13.1. The largest absolute Gasteiger partial charge is 0.355 e. The van der Waals surface area contributed by atoms with Gasteiger partial charge in [0.1, 0.15) is 5.82 Å². The minimum atomic E-state index is -0.0773. The molecule has 1 amide bonds. The van der Waals surface area contributed by atoms with Crippen molar-refractivity contribution in [3.05, 3.63) is 41.2 Å². The van der Waals surface area contributed by atoms with E-state index >= 15 is 0 Å². The molecule has 1 saturated heterocycles. The zero-order valence-electron chi connectivity index (χ0n) is 19.1. The summed E-state index contributed by atoms with van der Waals surface area (Å²) < 4.78 is 3.58. The van der Waals surface area contributed by atoms with E-state index in [1.807, 2.05) is 30.3 Å². The van der Waals surface area contributed by atoms with Crippen molar-refractivity contribution in [1.29, 1.82) is 0 Å². The van der Waals surface area contributed by atoms with E-state index in [4.69, 9.17) is 11.6 Å². The molecular weight excluding hydrogens is 468 g/mol. The molecule has 0 radical (unpaired) electrons. The van der Waals surface area contributed by atoms with Crippen LogP contribution in [-0.4, -0.2) is 59.0 Å². The second kappa shape index (κ2) is 9.21. The second-order valence-electron chi connectivity index (χ2n) is 9.07. The Bertz CT molecular complexity index is 1370. The molecule has 11 nitrogen and oxygen atoms in total. The Morgan fingerprint density at radius 1 is 1.00 bits per heavy atom. The lowest BCUT2D eigenvalue weighted by molar-refractivity contribution is -0.120. The molecule has 1 fully saturated rings. The molecule has 2 aliphatic rings. The number of aromatic nitrogens is 8. The third-order valence-electron chi connectivity index (χ3n) is 6.83. The van der Waals surface area contributed by atoms with E-state index in [0.29, 0.717) is 16.4 Å². The fourth-order valence-electron chi connectivity index (χ4n) is 4.88. The van der Waals surface area contributed by atoms with Gasteiger partial charge in [-0.25, -0.2) is 0 Å². The molecule has 35 heavy (non-hydrogen) atoms. The van der Waals surface area contributed by atoms with Crippen molar-refractivity contribution in [2.45, 2.75) is 45.1 Å². The fourth-order valence-corrected chi connectivity index (χ4v) is 5.08. The number of rotatable bonds is 4. The number of anilines is 2. The number of piperidine rings is 1. The molecule has 2 aliphatic heterocycles. The highest BCUT2D eigenvalue weighted by atomic mass is 35.5. The minimum absolute atomic E-state index is 0.0156. The highest BCUT2D eigenvalue weighted by Gasteiger charge is 2.26. The average molecular weight is 493 g/mol. The number of benzene rings is 1. The zero-order valence-corrected chi connectivity index (χ0v) is 19.9. The Hall–Kier alpha value is -3.60. The van der Waals surface area contributed by atoms with E-state index in [1.165, 1.54) is 11.1 Å². The molecule has 1 aromatic carbocycles. The molecule has 6 rings (SSSR count). The van der Waals surface area contributed by atoms with Gasteiger partial charge < -0.3 is 14.8 Å². The van der Waals surface area contributed by atoms with Crippen LogP contribution in [0.3, 0.4) is 0 Å². The van der Waals surface area contributed by atoms with Crippen LogP contribution in [0.1, 0.15) is 37.9 Å². The van der Waals surface area contributed by atoms with Crippen LogP contribution in [0.15, 0.2) is 30.3 Å². The lowest BCUT2D eigenvalue weighted by atomic mass is 9.95. The number of hydrogen-bond donors (Lipinski definition) is 1. The third kappa shape index (κ3) is 4.31. The predicted octanol–water partition coefficient (Wildman–Crippen LogP) is 3.01. The van der Waals surface area contributed by atoms with Crippen LogP contribution in [0, 0.1) is 5.92 Å². The summed E-state index contributed by atoms with van der Waals surface area (Å²) in [6.45, 7) is 2.35. The van der Waals surface area contributed by atoms with Gasteiger partial charge in [-0.05, 0) is 66.4 Å². The van der Waals surface area contributed by atoms with Crippen molar-refractivity contribution in [3.63, 3.8) is 0 Å². The minimum Gasteiger partial charge on any atom is -0.355 e. The van der Waals surface area contributed by atoms with E-state index in [-0.39, 0.29) is 11.8 Å². The molecule has 180 valence electrons. The molecule has 0 spiro atoms. The molecule has 0 bridgehead atoms. The highest BCUT2D eigenvalue weighted by molar-refractivity contribution is 6.33. The van der Waals surface area contributed by atoms with Crippen molar-refractivity contribution in [1.82, 2.24) is 40.0 Å². The first-order valence-corrected chi connectivity index (χ1v) is 12.4. The summed E-state index contributed by atoms with van der Waals surface area (Å²) in [4.78, 5) is 15.2. The smallest absolute Gasteiger partial charge is 0.227 e. The van der Waals surface area contributed by atoms with Crippen molar-refractivity contribution >= 4 is 34.7 Å². The van der Waals surface area contributed by atoms with Crippen LogP contribution in [0.4, 0.5) is 11.5 Å². The first-order valence-electron chi connectivity index (χ1n) is 12.0. The van der Waals surface area contributed by atoms with Crippen molar-refractivity contribution in [2.75, 3.05) is 23.3 Å². The summed E-state index contributed by atoms with van der Waals surface area (Å²) >= 11 is 6.54. The topological polar surface area (TPSA) is 119 Å². The summed E-state index contributed by atoms with van der Waals surface area (Å²) in [5, 5.41) is 28.3. The van der Waals surface area contributed by atoms with E-state index < -0.39 is 0 Å². The number of carbonyl (C=O) groups is 1. The first kappa shape index (κ1) is 21.9. The number of hydrogen-bond acceptors (Lipinski definition) is 8. The van der Waals surface area contributed by atoms with Crippen LogP contribution in [0.2, 0.25) is 5.02 Å². The SMILES string of the molecule is O=C(Nc1ccc(Cl)c(-c2nnc3n2CCCCC3)c1)C1CCN(c2ccc3nnnn3n2)CC1. The van der Waals surface area contributed by atoms with Gasteiger partial charge in [-0.15, -0.1) is 25.0 Å². The summed E-state index contributed by atoms with van der Waals surface area (Å²) in [7, 11) is 0. The Kier molecular flexibility index (Phi) is 5.77. The van der Waals surface area contributed by atoms with Crippen LogP contribution in [0.5, 0.6) is 0 Å². The van der Waals surface area contributed by atoms with Crippen molar-refractivity contribution in [3.8, 4) is 11.4 Å². The van der Waals surface area contributed by atoms with Gasteiger partial charge >= 0.3 is 0 Å². The normalized spacial score (nSPS) is 16.8. The standard InChI is InChI=1S/C23H25ClN10O/c24-18-6-5-16(14-17(18)22-28-26-19-4-2-1-3-11-33(19)22)25-23(35)15-9-12-32(13-10-15)21-8-7-20-27-30-31-34(20)29-21/h5-8,14-15H,1-4,9-13H2,(H,25,35). The number of carbonyl (C=O) groups excluding carboxylic acids is 1. The Balaban J connectivity index is 1.13. The summed E-state index contributed by atoms with van der Waals surface area (Å²) in [5.41, 5.74) is 2.12. The van der Waals surface area contributed by atoms with Gasteiger partial charge in [-0.2, -0.15) is 0 Å². The summed E-state index contributed by atoms with van der Waals surface area (Å²) in [5.74, 6) is 2.51. The quantitative estimate of drug-likeness (QED) is 0.461. The van der Waals surface area contributed by atoms with Gasteiger partial charge in [0.2, 0.25) is 5.91 Å². The Morgan fingerprint density at radius 2 is 1.89 bits per heavy atom. The number of halogens is 1. The van der Waals surface area contributed by atoms with E-state index in [9.17, 15) is 4.79 Å². The molecule has 5 heterocycles. The molecular formula is C23H25ClN10O. The highest BCUT2D eigenvalue weighted by Crippen LogP contribution is 2.32. The van der Waals surface area contributed by atoms with Gasteiger partial charge in [0.05, 0.1) is 5.02 Å². The summed E-state index contributed by atoms with van der Waals surface area (Å²) in [6.07, 6.45) is 5.82. The number of nitrogens with one attached hydrogen (secondary N) is 1. The Morgan fingerprint density at radius 3 is 2.77 bits per heavy atom. The van der Waals surface area contributed by atoms with Crippen molar-refractivity contribution < 1.29 is 4.79 Å². The third-order valence-corrected chi connectivity index (χ3v) is 7.16. The molecule has 4 aromatic rings. The van der Waals surface area contributed by atoms with Crippen LogP contribution in [0.25, 0.3) is 17.0 Å². The fraction of sp³-hybridized carbons (Fsp3) is 0.435. The molecule has 12 heteroatoms. The number of amides is 1. The molecule has 0 unspecified atom stereocenters. The molecule has 1 N–H and O–H groups in total. The van der Waals surface area contributed by atoms with Gasteiger partial charge in [0, 0.05) is 43.2 Å². The van der Waals surface area contributed by atoms with Gasteiger partial charge in [-0.1, -0.05) is 18.0 Å². The first-order chi connectivity index (χ1) is 17.2. The van der Waals surface area contributed by atoms with E-state index in [1.54, 1.807) is 0 Å². The summed E-state index contributed by atoms with van der Waals surface area (Å²) in [6, 6.07) is 9.31. The number of aryl methyl sites for hydroxylation is 1. The average Bonchev–Trinajstić information content (AvgIpc) is 3.45. The molecule has 0 aliphatic carbocycles. The maximum atomic E-state index is 13.1. The Labute approximate surface area is 206 Å². The van der Waals surface area contributed by atoms with Crippen LogP contribution < -0.4 is 10.2 Å². The molecule has 0 atom stereocenters.